The minimum Gasteiger partial charge on any atom is -0.358 e. The first kappa shape index (κ1) is 12.3. The van der Waals surface area contributed by atoms with E-state index >= 15 is 0 Å². The highest BCUT2D eigenvalue weighted by Crippen LogP contribution is 2.14. The number of anilines is 2. The number of nitrogens with one attached hydrogen (secondary N) is 3. The van der Waals surface area contributed by atoms with E-state index in [1.165, 1.54) is 0 Å². The molecule has 1 atom stereocenters. The van der Waals surface area contributed by atoms with E-state index < -0.39 is 6.04 Å². The SMILES string of the molecule is CNc1nc(C)cc(NC2CCC(=O)NC2=O)n1. The van der Waals surface area contributed by atoms with Crippen molar-refractivity contribution in [2.75, 3.05) is 17.7 Å². The van der Waals surface area contributed by atoms with Gasteiger partial charge in [0.15, 0.2) is 0 Å². The summed E-state index contributed by atoms with van der Waals surface area (Å²) in [7, 11) is 1.73. The van der Waals surface area contributed by atoms with E-state index in [1.807, 2.05) is 6.92 Å². The lowest BCUT2D eigenvalue weighted by atomic mass is 10.1. The van der Waals surface area contributed by atoms with Crippen LogP contribution >= 0.6 is 0 Å². The molecule has 0 aliphatic carbocycles. The molecular formula is C11H15N5O2. The molecule has 18 heavy (non-hydrogen) atoms. The highest BCUT2D eigenvalue weighted by atomic mass is 16.2. The second-order valence-electron chi connectivity index (χ2n) is 4.12. The average Bonchev–Trinajstić information content (AvgIpc) is 2.32. The molecule has 1 saturated heterocycles. The van der Waals surface area contributed by atoms with Gasteiger partial charge < -0.3 is 10.6 Å². The molecule has 0 bridgehead atoms. The number of rotatable bonds is 3. The molecule has 1 aliphatic heterocycles. The number of imide groups is 1. The van der Waals surface area contributed by atoms with Gasteiger partial charge in [0.1, 0.15) is 11.9 Å². The molecule has 2 amide bonds. The Morgan fingerprint density at radius 1 is 1.39 bits per heavy atom. The molecule has 7 nitrogen and oxygen atoms in total. The van der Waals surface area contributed by atoms with E-state index in [0.29, 0.717) is 24.6 Å². The van der Waals surface area contributed by atoms with E-state index in [0.717, 1.165) is 5.69 Å². The van der Waals surface area contributed by atoms with Gasteiger partial charge in [-0.25, -0.2) is 4.98 Å². The predicted molar refractivity (Wildman–Crippen MR) is 66.1 cm³/mol. The lowest BCUT2D eigenvalue weighted by Gasteiger charge is -2.22. The minimum absolute atomic E-state index is 0.229. The van der Waals surface area contributed by atoms with Gasteiger partial charge in [-0.15, -0.1) is 0 Å². The second-order valence-corrected chi connectivity index (χ2v) is 4.12. The van der Waals surface area contributed by atoms with E-state index in [1.54, 1.807) is 13.1 Å². The topological polar surface area (TPSA) is 96.0 Å². The lowest BCUT2D eigenvalue weighted by Crippen LogP contribution is -2.47. The fourth-order valence-electron chi connectivity index (χ4n) is 1.76. The molecule has 1 fully saturated rings. The van der Waals surface area contributed by atoms with Crippen LogP contribution in [0.1, 0.15) is 18.5 Å². The van der Waals surface area contributed by atoms with Crippen LogP contribution in [0, 0.1) is 6.92 Å². The lowest BCUT2D eigenvalue weighted by molar-refractivity contribution is -0.133. The number of carbonyl (C=O) groups is 2. The number of aryl methyl sites for hydroxylation is 1. The summed E-state index contributed by atoms with van der Waals surface area (Å²) in [6, 6.07) is 1.33. The Bertz CT molecular complexity index is 488. The van der Waals surface area contributed by atoms with Gasteiger partial charge in [-0.3, -0.25) is 14.9 Å². The summed E-state index contributed by atoms with van der Waals surface area (Å²) in [5.74, 6) is 0.521. The van der Waals surface area contributed by atoms with Crippen molar-refractivity contribution in [3.63, 3.8) is 0 Å². The standard InChI is InChI=1S/C11H15N5O2/c1-6-5-8(15-11(12-2)13-6)14-7-3-4-9(17)16-10(7)18/h5,7H,3-4H2,1-2H3,(H,16,17,18)(H2,12,13,14,15). The van der Waals surface area contributed by atoms with Crippen molar-refractivity contribution in [1.82, 2.24) is 15.3 Å². The van der Waals surface area contributed by atoms with Gasteiger partial charge in [0.2, 0.25) is 17.8 Å². The minimum atomic E-state index is -0.429. The Hall–Kier alpha value is -2.18. The summed E-state index contributed by atoms with van der Waals surface area (Å²) in [6.07, 6.45) is 0.814. The molecule has 7 heteroatoms. The van der Waals surface area contributed by atoms with Crippen molar-refractivity contribution in [3.8, 4) is 0 Å². The normalized spacial score (nSPS) is 19.3. The van der Waals surface area contributed by atoms with Gasteiger partial charge in [0, 0.05) is 25.2 Å². The van der Waals surface area contributed by atoms with E-state index in [-0.39, 0.29) is 11.8 Å². The van der Waals surface area contributed by atoms with Gasteiger partial charge in [-0.1, -0.05) is 0 Å². The first-order valence-electron chi connectivity index (χ1n) is 5.72. The van der Waals surface area contributed by atoms with Crippen molar-refractivity contribution in [3.05, 3.63) is 11.8 Å². The summed E-state index contributed by atoms with van der Waals surface area (Å²) >= 11 is 0. The summed E-state index contributed by atoms with van der Waals surface area (Å²) in [5, 5.41) is 8.15. The van der Waals surface area contributed by atoms with Crippen molar-refractivity contribution in [2.45, 2.75) is 25.8 Å². The van der Waals surface area contributed by atoms with Crippen molar-refractivity contribution >= 4 is 23.6 Å². The number of piperidine rings is 1. The zero-order valence-electron chi connectivity index (χ0n) is 10.3. The van der Waals surface area contributed by atoms with E-state index in [4.69, 9.17) is 0 Å². The van der Waals surface area contributed by atoms with Gasteiger partial charge in [-0.05, 0) is 13.3 Å². The summed E-state index contributed by atoms with van der Waals surface area (Å²) < 4.78 is 0. The third-order valence-corrected chi connectivity index (χ3v) is 2.64. The van der Waals surface area contributed by atoms with Crippen LogP contribution in [-0.4, -0.2) is 34.9 Å². The largest absolute Gasteiger partial charge is 0.358 e. The highest BCUT2D eigenvalue weighted by molar-refractivity contribution is 6.01. The molecule has 2 rings (SSSR count). The van der Waals surface area contributed by atoms with Crippen LogP contribution in [0.3, 0.4) is 0 Å². The molecule has 1 aliphatic rings. The van der Waals surface area contributed by atoms with Crippen LogP contribution < -0.4 is 16.0 Å². The Morgan fingerprint density at radius 3 is 2.83 bits per heavy atom. The van der Waals surface area contributed by atoms with Gasteiger partial charge >= 0.3 is 0 Å². The molecular weight excluding hydrogens is 234 g/mol. The zero-order valence-corrected chi connectivity index (χ0v) is 10.3. The van der Waals surface area contributed by atoms with Crippen LogP contribution in [0.25, 0.3) is 0 Å². The fraction of sp³-hybridized carbons (Fsp3) is 0.455. The van der Waals surface area contributed by atoms with E-state index in [2.05, 4.69) is 25.9 Å². The second kappa shape index (κ2) is 4.99. The Balaban J connectivity index is 2.11. The summed E-state index contributed by atoms with van der Waals surface area (Å²) in [6.45, 7) is 1.85. The molecule has 96 valence electrons. The number of aromatic nitrogens is 2. The van der Waals surface area contributed by atoms with Crippen LogP contribution in [0.5, 0.6) is 0 Å². The molecule has 3 N–H and O–H groups in total. The Kier molecular flexibility index (Phi) is 3.40. The fourth-order valence-corrected chi connectivity index (χ4v) is 1.76. The van der Waals surface area contributed by atoms with Crippen LogP contribution in [0.4, 0.5) is 11.8 Å². The summed E-state index contributed by atoms with van der Waals surface area (Å²) in [5.41, 5.74) is 0.796. The third kappa shape index (κ3) is 2.73. The maximum absolute atomic E-state index is 11.6. The summed E-state index contributed by atoms with van der Waals surface area (Å²) in [4.78, 5) is 31.0. The molecule has 2 heterocycles. The first-order valence-corrected chi connectivity index (χ1v) is 5.72. The third-order valence-electron chi connectivity index (χ3n) is 2.64. The Morgan fingerprint density at radius 2 is 2.17 bits per heavy atom. The highest BCUT2D eigenvalue weighted by Gasteiger charge is 2.26. The van der Waals surface area contributed by atoms with Crippen molar-refractivity contribution in [1.29, 1.82) is 0 Å². The number of carbonyl (C=O) groups excluding carboxylic acids is 2. The number of nitrogens with zero attached hydrogens (tertiary/aromatic N) is 2. The van der Waals surface area contributed by atoms with Crippen molar-refractivity contribution in [2.24, 2.45) is 0 Å². The Labute approximate surface area is 104 Å². The predicted octanol–water partition coefficient (Wildman–Crippen LogP) is 0.0438. The number of hydrogen-bond donors (Lipinski definition) is 3. The quantitative estimate of drug-likeness (QED) is 0.655. The molecule has 0 radical (unpaired) electrons. The van der Waals surface area contributed by atoms with E-state index in [9.17, 15) is 9.59 Å². The maximum atomic E-state index is 11.6. The first-order chi connectivity index (χ1) is 8.58. The molecule has 0 aromatic carbocycles. The van der Waals surface area contributed by atoms with Crippen LogP contribution in [0.2, 0.25) is 0 Å². The molecule has 1 unspecified atom stereocenters. The maximum Gasteiger partial charge on any atom is 0.249 e. The molecule has 0 spiro atoms. The van der Waals surface area contributed by atoms with Gasteiger partial charge in [0.05, 0.1) is 0 Å². The molecule has 1 aromatic heterocycles. The van der Waals surface area contributed by atoms with Gasteiger partial charge in [-0.2, -0.15) is 4.98 Å². The molecule has 0 saturated carbocycles. The number of hydrogen-bond acceptors (Lipinski definition) is 6. The number of amides is 2. The average molecular weight is 249 g/mol. The van der Waals surface area contributed by atoms with Crippen LogP contribution in [0.15, 0.2) is 6.07 Å². The smallest absolute Gasteiger partial charge is 0.249 e. The zero-order chi connectivity index (χ0) is 13.1. The van der Waals surface area contributed by atoms with Gasteiger partial charge in [0.25, 0.3) is 0 Å². The van der Waals surface area contributed by atoms with Crippen LogP contribution in [-0.2, 0) is 9.59 Å². The monoisotopic (exact) mass is 249 g/mol. The molecule has 1 aromatic rings. The van der Waals surface area contributed by atoms with Crippen molar-refractivity contribution < 1.29 is 9.59 Å².